The van der Waals surface area contributed by atoms with Crippen LogP contribution in [0.3, 0.4) is 0 Å². The molecule has 2 aliphatic rings. The molecule has 0 aliphatic carbocycles. The summed E-state index contributed by atoms with van der Waals surface area (Å²) in [5.74, 6) is -0.0474. The number of benzene rings is 1. The molecule has 158 valence electrons. The predicted octanol–water partition coefficient (Wildman–Crippen LogP) is 2.54. The second-order valence-corrected chi connectivity index (χ2v) is 7.97. The van der Waals surface area contributed by atoms with Crippen molar-refractivity contribution in [2.75, 3.05) is 31.8 Å². The molecule has 0 atom stereocenters. The third-order valence-electron chi connectivity index (χ3n) is 4.48. The standard InChI is InChI=1S/C20H26N2O7/c1-20(2,3)29-19(25)22-8-6-13(7-9-22)18(24)26-11-17(23)21-14-4-5-15-16(10-14)28-12-27-15/h4-5,10,13H,6-9,11-12H2,1-3H3,(H,21,23). The van der Waals surface area contributed by atoms with Crippen LogP contribution < -0.4 is 14.8 Å². The molecular weight excluding hydrogens is 380 g/mol. The lowest BCUT2D eigenvalue weighted by atomic mass is 9.97. The van der Waals surface area contributed by atoms with Crippen molar-refractivity contribution in [3.05, 3.63) is 18.2 Å². The summed E-state index contributed by atoms with van der Waals surface area (Å²) in [5, 5.41) is 2.65. The van der Waals surface area contributed by atoms with E-state index in [4.69, 9.17) is 18.9 Å². The van der Waals surface area contributed by atoms with Crippen molar-refractivity contribution in [2.24, 2.45) is 5.92 Å². The molecule has 0 aromatic heterocycles. The molecule has 2 amide bonds. The zero-order chi connectivity index (χ0) is 21.0. The van der Waals surface area contributed by atoms with Crippen LogP contribution in [0.1, 0.15) is 33.6 Å². The van der Waals surface area contributed by atoms with E-state index in [0.717, 1.165) is 0 Å². The Morgan fingerprint density at radius 1 is 1.14 bits per heavy atom. The minimum Gasteiger partial charge on any atom is -0.455 e. The van der Waals surface area contributed by atoms with Gasteiger partial charge in [-0.15, -0.1) is 0 Å². The number of nitrogens with one attached hydrogen (secondary N) is 1. The van der Waals surface area contributed by atoms with Gasteiger partial charge in [-0.3, -0.25) is 9.59 Å². The summed E-state index contributed by atoms with van der Waals surface area (Å²) in [5.41, 5.74) is -0.0287. The number of amides is 2. The molecule has 1 fully saturated rings. The predicted molar refractivity (Wildman–Crippen MR) is 103 cm³/mol. The van der Waals surface area contributed by atoms with Crippen LogP contribution >= 0.6 is 0 Å². The van der Waals surface area contributed by atoms with Gasteiger partial charge in [0.25, 0.3) is 5.91 Å². The van der Waals surface area contributed by atoms with Crippen LogP contribution in [0.2, 0.25) is 0 Å². The average Bonchev–Trinajstić information content (AvgIpc) is 3.12. The van der Waals surface area contributed by atoms with Gasteiger partial charge in [0.2, 0.25) is 6.79 Å². The molecule has 1 N–H and O–H groups in total. The normalized spacial score (nSPS) is 16.3. The maximum Gasteiger partial charge on any atom is 0.410 e. The van der Waals surface area contributed by atoms with E-state index in [-0.39, 0.29) is 25.4 Å². The van der Waals surface area contributed by atoms with Crippen molar-refractivity contribution in [2.45, 2.75) is 39.2 Å². The summed E-state index contributed by atoms with van der Waals surface area (Å²) in [6.07, 6.45) is 0.566. The van der Waals surface area contributed by atoms with Crippen LogP contribution in [0.4, 0.5) is 10.5 Å². The summed E-state index contributed by atoms with van der Waals surface area (Å²) < 4.78 is 20.9. The molecule has 29 heavy (non-hydrogen) atoms. The molecule has 0 bridgehead atoms. The Morgan fingerprint density at radius 3 is 2.52 bits per heavy atom. The quantitative estimate of drug-likeness (QED) is 0.767. The van der Waals surface area contributed by atoms with Crippen LogP contribution in [-0.2, 0) is 19.1 Å². The van der Waals surface area contributed by atoms with Crippen LogP contribution in [0.5, 0.6) is 11.5 Å². The van der Waals surface area contributed by atoms with E-state index in [2.05, 4.69) is 5.32 Å². The number of hydrogen-bond acceptors (Lipinski definition) is 7. The first-order chi connectivity index (χ1) is 13.7. The van der Waals surface area contributed by atoms with Crippen molar-refractivity contribution >= 4 is 23.7 Å². The highest BCUT2D eigenvalue weighted by atomic mass is 16.7. The van der Waals surface area contributed by atoms with Gasteiger partial charge in [0.15, 0.2) is 18.1 Å². The highest BCUT2D eigenvalue weighted by Crippen LogP contribution is 2.34. The Hall–Kier alpha value is -2.97. The molecule has 1 aromatic rings. The summed E-state index contributed by atoms with van der Waals surface area (Å²) in [7, 11) is 0. The lowest BCUT2D eigenvalue weighted by Gasteiger charge is -2.32. The zero-order valence-corrected chi connectivity index (χ0v) is 16.9. The van der Waals surface area contributed by atoms with Gasteiger partial charge in [-0.05, 0) is 45.7 Å². The maximum atomic E-state index is 12.2. The van der Waals surface area contributed by atoms with Crippen molar-refractivity contribution in [3.63, 3.8) is 0 Å². The fraction of sp³-hybridized carbons (Fsp3) is 0.550. The number of rotatable bonds is 4. The molecule has 0 unspecified atom stereocenters. The molecule has 9 heteroatoms. The number of piperidine rings is 1. The van der Waals surface area contributed by atoms with Gasteiger partial charge in [-0.1, -0.05) is 0 Å². The summed E-state index contributed by atoms with van der Waals surface area (Å²) in [4.78, 5) is 37.9. The Labute approximate surface area is 169 Å². The largest absolute Gasteiger partial charge is 0.455 e. The van der Waals surface area contributed by atoms with E-state index in [9.17, 15) is 14.4 Å². The van der Waals surface area contributed by atoms with Gasteiger partial charge in [-0.2, -0.15) is 0 Å². The minimum absolute atomic E-state index is 0.150. The van der Waals surface area contributed by atoms with Crippen LogP contribution in [-0.4, -0.2) is 55.0 Å². The number of carbonyl (C=O) groups excluding carboxylic acids is 3. The number of esters is 1. The lowest BCUT2D eigenvalue weighted by Crippen LogP contribution is -2.43. The molecule has 0 spiro atoms. The number of hydrogen-bond donors (Lipinski definition) is 1. The highest BCUT2D eigenvalue weighted by Gasteiger charge is 2.31. The van der Waals surface area contributed by atoms with E-state index in [0.29, 0.717) is 43.1 Å². The number of likely N-dealkylation sites (tertiary alicyclic amines) is 1. The summed E-state index contributed by atoms with van der Waals surface area (Å²) in [6.45, 7) is 6.03. The van der Waals surface area contributed by atoms with Crippen molar-refractivity contribution in [1.29, 1.82) is 0 Å². The second kappa shape index (κ2) is 8.59. The molecule has 1 aromatic carbocycles. The average molecular weight is 406 g/mol. The molecule has 0 saturated carbocycles. The summed E-state index contributed by atoms with van der Waals surface area (Å²) in [6, 6.07) is 5.02. The number of nitrogens with zero attached hydrogens (tertiary/aromatic N) is 1. The molecule has 3 rings (SSSR count). The van der Waals surface area contributed by atoms with E-state index in [1.54, 1.807) is 23.1 Å². The van der Waals surface area contributed by atoms with Gasteiger partial charge in [0.1, 0.15) is 5.60 Å². The Kier molecular flexibility index (Phi) is 6.14. The first-order valence-electron chi connectivity index (χ1n) is 9.55. The van der Waals surface area contributed by atoms with E-state index < -0.39 is 17.5 Å². The van der Waals surface area contributed by atoms with E-state index in [1.165, 1.54) is 0 Å². The van der Waals surface area contributed by atoms with Gasteiger partial charge >= 0.3 is 12.1 Å². The monoisotopic (exact) mass is 406 g/mol. The molecule has 2 aliphatic heterocycles. The Balaban J connectivity index is 1.40. The minimum atomic E-state index is -0.557. The molecule has 1 saturated heterocycles. The van der Waals surface area contributed by atoms with Crippen LogP contribution in [0, 0.1) is 5.92 Å². The van der Waals surface area contributed by atoms with Gasteiger partial charge < -0.3 is 29.2 Å². The molecule has 2 heterocycles. The number of ether oxygens (including phenoxy) is 4. The maximum absolute atomic E-state index is 12.2. The van der Waals surface area contributed by atoms with Gasteiger partial charge in [0, 0.05) is 24.8 Å². The third kappa shape index (κ3) is 5.75. The molecular formula is C20H26N2O7. The molecule has 0 radical (unpaired) electrons. The first kappa shape index (κ1) is 20.8. The fourth-order valence-corrected chi connectivity index (χ4v) is 3.05. The number of fused-ring (bicyclic) bond motifs is 1. The zero-order valence-electron chi connectivity index (χ0n) is 16.9. The van der Waals surface area contributed by atoms with Gasteiger partial charge in [0.05, 0.1) is 5.92 Å². The van der Waals surface area contributed by atoms with Crippen molar-refractivity contribution in [1.82, 2.24) is 4.90 Å². The number of carbonyl (C=O) groups is 3. The second-order valence-electron chi connectivity index (χ2n) is 7.97. The lowest BCUT2D eigenvalue weighted by molar-refractivity contribution is -0.153. The first-order valence-corrected chi connectivity index (χ1v) is 9.55. The van der Waals surface area contributed by atoms with E-state index >= 15 is 0 Å². The Bertz CT molecular complexity index is 780. The molecule has 9 nitrogen and oxygen atoms in total. The topological polar surface area (TPSA) is 103 Å². The fourth-order valence-electron chi connectivity index (χ4n) is 3.05. The Morgan fingerprint density at radius 2 is 1.83 bits per heavy atom. The third-order valence-corrected chi connectivity index (χ3v) is 4.48. The highest BCUT2D eigenvalue weighted by molar-refractivity contribution is 5.93. The SMILES string of the molecule is CC(C)(C)OC(=O)N1CCC(C(=O)OCC(=O)Nc2ccc3c(c2)OCO3)CC1. The van der Waals surface area contributed by atoms with Crippen LogP contribution in [0.15, 0.2) is 18.2 Å². The van der Waals surface area contributed by atoms with Crippen molar-refractivity contribution < 1.29 is 33.3 Å². The van der Waals surface area contributed by atoms with Crippen LogP contribution in [0.25, 0.3) is 0 Å². The summed E-state index contributed by atoms with van der Waals surface area (Å²) >= 11 is 0. The van der Waals surface area contributed by atoms with E-state index in [1.807, 2.05) is 20.8 Å². The van der Waals surface area contributed by atoms with Crippen molar-refractivity contribution in [3.8, 4) is 11.5 Å². The van der Waals surface area contributed by atoms with Gasteiger partial charge in [-0.25, -0.2) is 4.79 Å². The number of anilines is 1. The smallest absolute Gasteiger partial charge is 0.410 e.